The zero-order valence-corrected chi connectivity index (χ0v) is 9.93. The minimum atomic E-state index is -1.00. The lowest BCUT2D eigenvalue weighted by Gasteiger charge is -2.07. The number of hydrogen-bond acceptors (Lipinski definition) is 4. The number of rotatable bonds is 4. The molecule has 2 aromatic rings. The molecule has 1 aromatic heterocycles. The lowest BCUT2D eigenvalue weighted by molar-refractivity contribution is -0.384. The normalized spacial score (nSPS) is 10.5. The highest BCUT2D eigenvalue weighted by Crippen LogP contribution is 2.28. The molecule has 1 aromatic carbocycles. The second kappa shape index (κ2) is 5.01. The fourth-order valence-corrected chi connectivity index (χ4v) is 1.63. The van der Waals surface area contributed by atoms with Gasteiger partial charge in [-0.2, -0.15) is 5.10 Å². The number of nitro benzene ring substituents is 1. The van der Waals surface area contributed by atoms with Crippen LogP contribution in [0.2, 0.25) is 0 Å². The van der Waals surface area contributed by atoms with Crippen molar-refractivity contribution in [2.45, 2.75) is 6.54 Å². The van der Waals surface area contributed by atoms with Gasteiger partial charge in [0.1, 0.15) is 11.5 Å². The van der Waals surface area contributed by atoms with Gasteiger partial charge in [-0.1, -0.05) is 0 Å². The first-order valence-corrected chi connectivity index (χ1v) is 5.32. The van der Waals surface area contributed by atoms with Gasteiger partial charge in [0.25, 0.3) is 5.69 Å². The van der Waals surface area contributed by atoms with E-state index in [9.17, 15) is 18.9 Å². The Bertz CT molecular complexity index is 627. The SMILES string of the molecule is Cn1cc(CNc2c(F)cc(F)cc2[N+](=O)[O-])cn1. The summed E-state index contributed by atoms with van der Waals surface area (Å²) in [6, 6.07) is 1.27. The van der Waals surface area contributed by atoms with Crippen molar-refractivity contribution in [3.8, 4) is 0 Å². The number of halogens is 2. The largest absolute Gasteiger partial charge is 0.373 e. The quantitative estimate of drug-likeness (QED) is 0.681. The minimum Gasteiger partial charge on any atom is -0.373 e. The maximum Gasteiger partial charge on any atom is 0.298 e. The van der Waals surface area contributed by atoms with Crippen LogP contribution < -0.4 is 5.32 Å². The highest BCUT2D eigenvalue weighted by atomic mass is 19.1. The Morgan fingerprint density at radius 2 is 2.21 bits per heavy atom. The number of anilines is 1. The van der Waals surface area contributed by atoms with Gasteiger partial charge in [-0.05, 0) is 0 Å². The maximum atomic E-state index is 13.6. The molecule has 0 radical (unpaired) electrons. The molecular weight excluding hydrogens is 258 g/mol. The first kappa shape index (κ1) is 12.9. The topological polar surface area (TPSA) is 73.0 Å². The van der Waals surface area contributed by atoms with E-state index >= 15 is 0 Å². The molecule has 0 aliphatic carbocycles. The van der Waals surface area contributed by atoms with Gasteiger partial charge in [0.15, 0.2) is 5.82 Å². The second-order valence-corrected chi connectivity index (χ2v) is 3.91. The molecule has 0 saturated carbocycles. The van der Waals surface area contributed by atoms with Gasteiger partial charge in [-0.25, -0.2) is 8.78 Å². The molecule has 100 valence electrons. The molecule has 0 unspecified atom stereocenters. The monoisotopic (exact) mass is 268 g/mol. The van der Waals surface area contributed by atoms with Crippen LogP contribution in [-0.2, 0) is 13.6 Å². The van der Waals surface area contributed by atoms with Gasteiger partial charge in [0, 0.05) is 31.4 Å². The number of benzene rings is 1. The molecule has 0 bridgehead atoms. The smallest absolute Gasteiger partial charge is 0.298 e. The predicted octanol–water partition coefficient (Wildman–Crippen LogP) is 2.22. The second-order valence-electron chi connectivity index (χ2n) is 3.91. The van der Waals surface area contributed by atoms with Crippen LogP contribution in [0.15, 0.2) is 24.5 Å². The van der Waals surface area contributed by atoms with E-state index in [2.05, 4.69) is 10.4 Å². The molecule has 19 heavy (non-hydrogen) atoms. The Morgan fingerprint density at radius 1 is 1.47 bits per heavy atom. The van der Waals surface area contributed by atoms with Crippen molar-refractivity contribution in [1.29, 1.82) is 0 Å². The third-order valence-electron chi connectivity index (χ3n) is 2.46. The Labute approximate surface area is 106 Å². The number of nitro groups is 1. The van der Waals surface area contributed by atoms with Gasteiger partial charge in [0.2, 0.25) is 0 Å². The van der Waals surface area contributed by atoms with Crippen molar-refractivity contribution in [3.05, 3.63) is 51.8 Å². The summed E-state index contributed by atoms with van der Waals surface area (Å²) in [6.45, 7) is 0.150. The molecule has 6 nitrogen and oxygen atoms in total. The van der Waals surface area contributed by atoms with Crippen molar-refractivity contribution >= 4 is 11.4 Å². The van der Waals surface area contributed by atoms with Crippen LogP contribution in [0.1, 0.15) is 5.56 Å². The third kappa shape index (κ3) is 2.84. The van der Waals surface area contributed by atoms with Crippen LogP contribution in [0.25, 0.3) is 0 Å². The van der Waals surface area contributed by atoms with Crippen molar-refractivity contribution in [1.82, 2.24) is 9.78 Å². The molecule has 2 rings (SSSR count). The van der Waals surface area contributed by atoms with E-state index in [4.69, 9.17) is 0 Å². The van der Waals surface area contributed by atoms with Gasteiger partial charge >= 0.3 is 0 Å². The molecule has 0 saturated heterocycles. The molecule has 1 N–H and O–H groups in total. The van der Waals surface area contributed by atoms with Crippen molar-refractivity contribution in [3.63, 3.8) is 0 Å². The van der Waals surface area contributed by atoms with Crippen LogP contribution in [0, 0.1) is 21.7 Å². The fraction of sp³-hybridized carbons (Fsp3) is 0.182. The molecule has 0 spiro atoms. The maximum absolute atomic E-state index is 13.6. The summed E-state index contributed by atoms with van der Waals surface area (Å²) in [4.78, 5) is 9.92. The van der Waals surface area contributed by atoms with Gasteiger partial charge in [-0.3, -0.25) is 14.8 Å². The molecule has 0 fully saturated rings. The molecule has 0 amide bonds. The number of nitrogens with one attached hydrogen (secondary N) is 1. The Morgan fingerprint density at radius 3 is 2.79 bits per heavy atom. The summed E-state index contributed by atoms with van der Waals surface area (Å²) in [6.07, 6.45) is 3.22. The van der Waals surface area contributed by atoms with E-state index in [0.29, 0.717) is 12.1 Å². The van der Waals surface area contributed by atoms with Crippen molar-refractivity contribution in [2.24, 2.45) is 7.05 Å². The number of nitrogens with zero attached hydrogens (tertiary/aromatic N) is 3. The Balaban J connectivity index is 2.26. The zero-order chi connectivity index (χ0) is 14.0. The molecular formula is C11H10F2N4O2. The van der Waals surface area contributed by atoms with Crippen molar-refractivity contribution in [2.75, 3.05) is 5.32 Å². The van der Waals surface area contributed by atoms with Crippen molar-refractivity contribution < 1.29 is 13.7 Å². The molecule has 0 aliphatic rings. The third-order valence-corrected chi connectivity index (χ3v) is 2.46. The summed E-state index contributed by atoms with van der Waals surface area (Å²) in [5.74, 6) is -1.99. The molecule has 0 aliphatic heterocycles. The average molecular weight is 268 g/mol. The van der Waals surface area contributed by atoms with Gasteiger partial charge in [-0.15, -0.1) is 0 Å². The summed E-state index contributed by atoms with van der Waals surface area (Å²) < 4.78 is 28.0. The predicted molar refractivity (Wildman–Crippen MR) is 63.5 cm³/mol. The standard InChI is InChI=1S/C11H10F2N4O2/c1-16-6-7(5-15-16)4-14-11-9(13)2-8(12)3-10(11)17(18)19/h2-3,5-6,14H,4H2,1H3. The van der Waals surface area contributed by atoms with E-state index < -0.39 is 22.2 Å². The molecule has 8 heteroatoms. The van der Waals surface area contributed by atoms with Crippen LogP contribution in [-0.4, -0.2) is 14.7 Å². The lowest BCUT2D eigenvalue weighted by Crippen LogP contribution is -2.05. The van der Waals surface area contributed by atoms with E-state index in [0.717, 1.165) is 5.56 Å². The minimum absolute atomic E-state index is 0.150. The number of hydrogen-bond donors (Lipinski definition) is 1. The fourth-order valence-electron chi connectivity index (χ4n) is 1.63. The molecule has 1 heterocycles. The van der Waals surface area contributed by atoms with Crippen LogP contribution >= 0.6 is 0 Å². The highest BCUT2D eigenvalue weighted by molar-refractivity contribution is 5.62. The molecule has 0 atom stereocenters. The first-order chi connectivity index (χ1) is 8.97. The number of aromatic nitrogens is 2. The van der Waals surface area contributed by atoms with Gasteiger partial charge in [0.05, 0.1) is 17.2 Å². The van der Waals surface area contributed by atoms with Crippen LogP contribution in [0.4, 0.5) is 20.2 Å². The van der Waals surface area contributed by atoms with E-state index in [1.807, 2.05) is 0 Å². The average Bonchev–Trinajstić information content (AvgIpc) is 2.73. The summed E-state index contributed by atoms with van der Waals surface area (Å²) in [5.41, 5.74) is -0.253. The zero-order valence-electron chi connectivity index (χ0n) is 9.93. The van der Waals surface area contributed by atoms with E-state index in [-0.39, 0.29) is 12.2 Å². The Kier molecular flexibility index (Phi) is 3.41. The van der Waals surface area contributed by atoms with Gasteiger partial charge < -0.3 is 5.32 Å². The first-order valence-electron chi connectivity index (χ1n) is 5.32. The highest BCUT2D eigenvalue weighted by Gasteiger charge is 2.20. The summed E-state index contributed by atoms with van der Waals surface area (Å²) >= 11 is 0. The lowest BCUT2D eigenvalue weighted by atomic mass is 10.2. The number of aryl methyl sites for hydroxylation is 1. The van der Waals surface area contributed by atoms with E-state index in [1.54, 1.807) is 24.1 Å². The van der Waals surface area contributed by atoms with Crippen LogP contribution in [0.3, 0.4) is 0 Å². The summed E-state index contributed by atoms with van der Waals surface area (Å²) in [5, 5.41) is 17.3. The van der Waals surface area contributed by atoms with Crippen LogP contribution in [0.5, 0.6) is 0 Å². The summed E-state index contributed by atoms with van der Waals surface area (Å²) in [7, 11) is 1.71. The Hall–Kier alpha value is -2.51. The van der Waals surface area contributed by atoms with E-state index in [1.165, 1.54) is 0 Å².